The van der Waals surface area contributed by atoms with Gasteiger partial charge in [-0.2, -0.15) is 0 Å². The number of nitrogens with two attached hydrogens (primary N) is 1. The topological polar surface area (TPSA) is 66.6 Å². The molecule has 0 rings (SSSR count). The van der Waals surface area contributed by atoms with Crippen molar-refractivity contribution in [3.05, 3.63) is 0 Å². The maximum Gasteiger partial charge on any atom is 0.239 e. The van der Waals surface area contributed by atoms with Crippen molar-refractivity contribution < 1.29 is 9.90 Å². The number of nitrogens with zero attached hydrogens (tertiary/aromatic N) is 1. The Labute approximate surface area is 86.1 Å². The summed E-state index contributed by atoms with van der Waals surface area (Å²) in [4.78, 5) is 13.2. The van der Waals surface area contributed by atoms with Crippen molar-refractivity contribution in [2.75, 3.05) is 13.7 Å². The molecular weight excluding hydrogens is 180 g/mol. The van der Waals surface area contributed by atoms with E-state index in [1.165, 1.54) is 4.90 Å². The van der Waals surface area contributed by atoms with Gasteiger partial charge in [0, 0.05) is 7.05 Å². The third-order valence-corrected chi connectivity index (χ3v) is 2.82. The lowest BCUT2D eigenvalue weighted by atomic mass is 9.98. The zero-order valence-corrected chi connectivity index (χ0v) is 9.53. The lowest BCUT2D eigenvalue weighted by molar-refractivity contribution is -0.134. The molecule has 3 N–H and O–H groups in total. The first-order chi connectivity index (χ1) is 6.45. The van der Waals surface area contributed by atoms with Gasteiger partial charge in [-0.15, -0.1) is 0 Å². The molecule has 3 atom stereocenters. The number of rotatable bonds is 5. The highest BCUT2D eigenvalue weighted by Gasteiger charge is 2.24. The number of aliphatic hydroxyl groups excluding tert-OH is 1. The van der Waals surface area contributed by atoms with E-state index in [1.807, 2.05) is 13.8 Å². The summed E-state index contributed by atoms with van der Waals surface area (Å²) >= 11 is 0. The zero-order chi connectivity index (χ0) is 11.3. The third kappa shape index (κ3) is 3.27. The zero-order valence-electron chi connectivity index (χ0n) is 9.53. The number of hydrogen-bond acceptors (Lipinski definition) is 3. The van der Waals surface area contributed by atoms with Gasteiger partial charge in [0.15, 0.2) is 0 Å². The molecule has 0 heterocycles. The quantitative estimate of drug-likeness (QED) is 0.669. The van der Waals surface area contributed by atoms with E-state index in [0.29, 0.717) is 0 Å². The van der Waals surface area contributed by atoms with E-state index in [0.717, 1.165) is 6.42 Å². The summed E-state index contributed by atoms with van der Waals surface area (Å²) < 4.78 is 0. The van der Waals surface area contributed by atoms with Crippen molar-refractivity contribution >= 4 is 5.91 Å². The molecule has 0 aromatic carbocycles. The maximum absolute atomic E-state index is 11.7. The molecule has 0 radical (unpaired) electrons. The van der Waals surface area contributed by atoms with Crippen molar-refractivity contribution in [2.45, 2.75) is 39.3 Å². The van der Waals surface area contributed by atoms with Gasteiger partial charge >= 0.3 is 0 Å². The number of hydrogen-bond donors (Lipinski definition) is 2. The lowest BCUT2D eigenvalue weighted by Crippen LogP contribution is -2.49. The number of carbonyl (C=O) groups excluding carboxylic acids is 1. The van der Waals surface area contributed by atoms with Gasteiger partial charge < -0.3 is 15.7 Å². The Morgan fingerprint density at radius 1 is 1.50 bits per heavy atom. The van der Waals surface area contributed by atoms with E-state index < -0.39 is 6.04 Å². The van der Waals surface area contributed by atoms with Crippen LogP contribution in [0.2, 0.25) is 0 Å². The van der Waals surface area contributed by atoms with Crippen LogP contribution in [0.15, 0.2) is 0 Å². The summed E-state index contributed by atoms with van der Waals surface area (Å²) in [6.45, 7) is 5.73. The molecule has 0 saturated carbocycles. The average molecular weight is 202 g/mol. The van der Waals surface area contributed by atoms with Gasteiger partial charge in [0.1, 0.15) is 0 Å². The number of likely N-dealkylation sites (N-methyl/N-ethyl adjacent to an activating group) is 1. The van der Waals surface area contributed by atoms with E-state index in [-0.39, 0.29) is 24.5 Å². The van der Waals surface area contributed by atoms with Crippen LogP contribution in [0.25, 0.3) is 0 Å². The molecule has 0 aromatic rings. The van der Waals surface area contributed by atoms with Crippen molar-refractivity contribution in [2.24, 2.45) is 11.7 Å². The molecule has 14 heavy (non-hydrogen) atoms. The molecule has 0 aliphatic heterocycles. The van der Waals surface area contributed by atoms with Crippen LogP contribution in [0.5, 0.6) is 0 Å². The van der Waals surface area contributed by atoms with Crippen LogP contribution in [-0.2, 0) is 4.79 Å². The van der Waals surface area contributed by atoms with Gasteiger partial charge in [-0.25, -0.2) is 0 Å². The van der Waals surface area contributed by atoms with E-state index in [4.69, 9.17) is 10.8 Å². The first-order valence-electron chi connectivity index (χ1n) is 5.08. The Morgan fingerprint density at radius 2 is 2.00 bits per heavy atom. The molecule has 4 nitrogen and oxygen atoms in total. The first kappa shape index (κ1) is 13.4. The molecule has 3 unspecified atom stereocenters. The molecule has 4 heteroatoms. The van der Waals surface area contributed by atoms with Crippen LogP contribution in [-0.4, -0.2) is 41.7 Å². The van der Waals surface area contributed by atoms with Crippen molar-refractivity contribution in [3.63, 3.8) is 0 Å². The number of amides is 1. The maximum atomic E-state index is 11.7. The Morgan fingerprint density at radius 3 is 2.36 bits per heavy atom. The normalized spacial score (nSPS) is 17.3. The minimum Gasteiger partial charge on any atom is -0.394 e. The largest absolute Gasteiger partial charge is 0.394 e. The molecule has 0 aromatic heterocycles. The third-order valence-electron chi connectivity index (χ3n) is 2.82. The van der Waals surface area contributed by atoms with Gasteiger partial charge in [-0.3, -0.25) is 4.79 Å². The summed E-state index contributed by atoms with van der Waals surface area (Å²) in [6, 6.07) is -0.628. The van der Waals surface area contributed by atoms with Crippen LogP contribution in [0, 0.1) is 5.92 Å². The van der Waals surface area contributed by atoms with Gasteiger partial charge in [0.25, 0.3) is 0 Å². The second-order valence-electron chi connectivity index (χ2n) is 3.89. The molecule has 84 valence electrons. The number of aliphatic hydroxyl groups is 1. The molecule has 0 fully saturated rings. The lowest BCUT2D eigenvalue weighted by Gasteiger charge is -2.28. The van der Waals surface area contributed by atoms with E-state index in [9.17, 15) is 4.79 Å². The standard InChI is InChI=1S/C10H22N2O2/c1-5-7(2)9(11)10(14)12(4)8(3)6-13/h7-9,13H,5-6,11H2,1-4H3. The second kappa shape index (κ2) is 5.98. The predicted octanol–water partition coefficient (Wildman–Crippen LogP) is 0.199. The summed E-state index contributed by atoms with van der Waals surface area (Å²) in [5.41, 5.74) is 5.79. The Balaban J connectivity index is 4.31. The first-order valence-corrected chi connectivity index (χ1v) is 5.08. The molecule has 0 aliphatic rings. The smallest absolute Gasteiger partial charge is 0.239 e. The van der Waals surface area contributed by atoms with Gasteiger partial charge in [-0.1, -0.05) is 20.3 Å². The van der Waals surface area contributed by atoms with Crippen LogP contribution in [0.1, 0.15) is 27.2 Å². The van der Waals surface area contributed by atoms with Crippen molar-refractivity contribution in [1.82, 2.24) is 4.90 Å². The summed E-state index contributed by atoms with van der Waals surface area (Å²) in [5, 5.41) is 8.90. The molecule has 0 aliphatic carbocycles. The summed E-state index contributed by atoms with van der Waals surface area (Å²) in [7, 11) is 1.67. The minimum absolute atomic E-state index is 0.0323. The summed E-state index contributed by atoms with van der Waals surface area (Å²) in [6.07, 6.45) is 0.883. The van der Waals surface area contributed by atoms with Gasteiger partial charge in [0.05, 0.1) is 18.7 Å². The van der Waals surface area contributed by atoms with Crippen LogP contribution in [0.3, 0.4) is 0 Å². The highest BCUT2D eigenvalue weighted by Crippen LogP contribution is 2.09. The Kier molecular flexibility index (Phi) is 5.72. The van der Waals surface area contributed by atoms with Crippen molar-refractivity contribution in [3.8, 4) is 0 Å². The molecule has 0 saturated heterocycles. The van der Waals surface area contributed by atoms with Crippen LogP contribution in [0.4, 0.5) is 0 Å². The molecule has 0 bridgehead atoms. The van der Waals surface area contributed by atoms with E-state index >= 15 is 0 Å². The average Bonchev–Trinajstić information content (AvgIpc) is 2.23. The molecular formula is C10H22N2O2. The van der Waals surface area contributed by atoms with Crippen LogP contribution < -0.4 is 5.73 Å². The van der Waals surface area contributed by atoms with E-state index in [1.54, 1.807) is 14.0 Å². The monoisotopic (exact) mass is 202 g/mol. The molecule has 1 amide bonds. The fraction of sp³-hybridized carbons (Fsp3) is 0.900. The molecule has 0 spiro atoms. The van der Waals surface area contributed by atoms with E-state index in [2.05, 4.69) is 0 Å². The SMILES string of the molecule is CCC(C)C(N)C(=O)N(C)C(C)CO. The summed E-state index contributed by atoms with van der Waals surface area (Å²) in [5.74, 6) is 0.0803. The second-order valence-corrected chi connectivity index (χ2v) is 3.89. The number of carbonyl (C=O) groups is 1. The highest BCUT2D eigenvalue weighted by molar-refractivity contribution is 5.81. The fourth-order valence-electron chi connectivity index (χ4n) is 1.07. The fourth-order valence-corrected chi connectivity index (χ4v) is 1.07. The predicted molar refractivity (Wildman–Crippen MR) is 56.7 cm³/mol. The van der Waals surface area contributed by atoms with Gasteiger partial charge in [0.2, 0.25) is 5.91 Å². The van der Waals surface area contributed by atoms with Crippen molar-refractivity contribution in [1.29, 1.82) is 0 Å². The van der Waals surface area contributed by atoms with Crippen LogP contribution >= 0.6 is 0 Å². The minimum atomic E-state index is -0.459. The highest BCUT2D eigenvalue weighted by atomic mass is 16.3. The Bertz CT molecular complexity index is 167. The Hall–Kier alpha value is -0.610. The van der Waals surface area contributed by atoms with Gasteiger partial charge in [-0.05, 0) is 12.8 Å².